The van der Waals surface area contributed by atoms with E-state index in [9.17, 15) is 27.6 Å². The van der Waals surface area contributed by atoms with Gasteiger partial charge >= 0.3 is 12.1 Å². The second kappa shape index (κ2) is 10.6. The lowest BCUT2D eigenvalue weighted by molar-refractivity contribution is -0.115. The van der Waals surface area contributed by atoms with Gasteiger partial charge in [0.05, 0.1) is 23.0 Å². The van der Waals surface area contributed by atoms with Crippen molar-refractivity contribution in [1.82, 2.24) is 19.7 Å². The third-order valence-electron chi connectivity index (χ3n) is 7.85. The number of pyridine rings is 1. The molecule has 41 heavy (non-hydrogen) atoms. The van der Waals surface area contributed by atoms with E-state index in [4.69, 9.17) is 5.11 Å². The van der Waals surface area contributed by atoms with E-state index in [-0.39, 0.29) is 34.2 Å². The van der Waals surface area contributed by atoms with Crippen LogP contribution in [0.2, 0.25) is 0 Å². The van der Waals surface area contributed by atoms with E-state index in [1.54, 1.807) is 15.8 Å². The van der Waals surface area contributed by atoms with Crippen molar-refractivity contribution in [3.8, 4) is 11.3 Å². The van der Waals surface area contributed by atoms with Gasteiger partial charge in [0.15, 0.2) is 5.78 Å². The topological polar surface area (TPSA) is 117 Å². The molecule has 2 aliphatic rings. The van der Waals surface area contributed by atoms with E-state index < -0.39 is 24.6 Å². The fourth-order valence-corrected chi connectivity index (χ4v) is 5.72. The van der Waals surface area contributed by atoms with E-state index in [1.807, 2.05) is 13.8 Å². The van der Waals surface area contributed by atoms with Crippen LogP contribution in [0, 0.1) is 5.41 Å². The van der Waals surface area contributed by atoms with Gasteiger partial charge in [-0.2, -0.15) is 18.3 Å². The number of ketones is 1. The van der Waals surface area contributed by atoms with Crippen LogP contribution in [0.3, 0.4) is 0 Å². The van der Waals surface area contributed by atoms with Crippen molar-refractivity contribution in [3.63, 3.8) is 0 Å². The van der Waals surface area contributed by atoms with Gasteiger partial charge in [-0.05, 0) is 62.8 Å². The number of hydrogen-bond donors (Lipinski definition) is 2. The molecule has 5 rings (SSSR count). The molecule has 0 saturated carbocycles. The van der Waals surface area contributed by atoms with Gasteiger partial charge in [-0.3, -0.25) is 14.3 Å². The van der Waals surface area contributed by atoms with Crippen molar-refractivity contribution in [2.24, 2.45) is 5.41 Å². The molecule has 1 aliphatic heterocycles. The fourth-order valence-electron chi connectivity index (χ4n) is 5.72. The SMILES string of the molecule is CC(C)n1ncc2c1C(=O)CC1(CCN(C(=O)c3ccc(-c4ccc(C(=O)O)cc4)nc3NCC(F)(F)F)CC1)C2. The third-order valence-corrected chi connectivity index (χ3v) is 7.85. The molecule has 1 fully saturated rings. The van der Waals surface area contributed by atoms with Crippen molar-refractivity contribution in [2.75, 3.05) is 25.0 Å². The monoisotopic (exact) mass is 569 g/mol. The number of halogens is 3. The number of likely N-dealkylation sites (tertiary alicyclic amines) is 1. The molecule has 216 valence electrons. The predicted molar refractivity (Wildman–Crippen MR) is 144 cm³/mol. The highest BCUT2D eigenvalue weighted by molar-refractivity contribution is 6.00. The Kier molecular flexibility index (Phi) is 7.35. The molecule has 2 N–H and O–H groups in total. The molecule has 0 unspecified atom stereocenters. The second-order valence-electron chi connectivity index (χ2n) is 11.1. The van der Waals surface area contributed by atoms with Gasteiger partial charge in [-0.1, -0.05) is 12.1 Å². The van der Waals surface area contributed by atoms with Gasteiger partial charge in [0.1, 0.15) is 18.1 Å². The van der Waals surface area contributed by atoms with Gasteiger partial charge in [0, 0.05) is 36.7 Å². The number of piperidine rings is 1. The lowest BCUT2D eigenvalue weighted by Crippen LogP contribution is -2.46. The molecule has 9 nitrogen and oxygen atoms in total. The van der Waals surface area contributed by atoms with Crippen LogP contribution in [-0.2, 0) is 6.42 Å². The van der Waals surface area contributed by atoms with Crippen molar-refractivity contribution >= 4 is 23.5 Å². The number of anilines is 1. The number of rotatable bonds is 6. The molecular weight excluding hydrogens is 539 g/mol. The number of aromatic carboxylic acids is 1. The standard InChI is InChI=1S/C29H30F3N5O4/c1-17(2)37-24-20(15-34-37)13-28(14-23(24)38)9-11-36(12-10-28)26(39)21-7-8-22(35-25(21)33-16-29(30,31)32)18-3-5-19(6-4-18)27(40)41/h3-8,15,17H,9-14,16H2,1-2H3,(H,33,35)(H,40,41). The zero-order chi connectivity index (χ0) is 29.5. The Balaban J connectivity index is 1.35. The third kappa shape index (κ3) is 5.82. The van der Waals surface area contributed by atoms with E-state index in [2.05, 4.69) is 15.4 Å². The maximum Gasteiger partial charge on any atom is 0.405 e. The van der Waals surface area contributed by atoms with E-state index in [1.165, 1.54) is 36.4 Å². The summed E-state index contributed by atoms with van der Waals surface area (Å²) in [6.07, 6.45) is -0.540. The van der Waals surface area contributed by atoms with E-state index >= 15 is 0 Å². The maximum absolute atomic E-state index is 13.5. The van der Waals surface area contributed by atoms with Crippen LogP contribution in [-0.4, -0.2) is 68.2 Å². The summed E-state index contributed by atoms with van der Waals surface area (Å²) >= 11 is 0. The van der Waals surface area contributed by atoms with Crippen LogP contribution in [0.4, 0.5) is 19.0 Å². The van der Waals surface area contributed by atoms with Gasteiger partial charge in [-0.15, -0.1) is 0 Å². The van der Waals surface area contributed by atoms with Gasteiger partial charge in [0.2, 0.25) is 0 Å². The minimum atomic E-state index is -4.53. The van der Waals surface area contributed by atoms with Gasteiger partial charge in [0.25, 0.3) is 5.91 Å². The summed E-state index contributed by atoms with van der Waals surface area (Å²) in [4.78, 5) is 43.7. The van der Waals surface area contributed by atoms with E-state index in [0.29, 0.717) is 55.7 Å². The van der Waals surface area contributed by atoms with Gasteiger partial charge < -0.3 is 15.3 Å². The first-order valence-corrected chi connectivity index (χ1v) is 13.4. The van der Waals surface area contributed by atoms with Crippen LogP contribution >= 0.6 is 0 Å². The number of amides is 1. The second-order valence-corrected chi connectivity index (χ2v) is 11.1. The van der Waals surface area contributed by atoms with Crippen molar-refractivity contribution < 1.29 is 32.7 Å². The first-order valence-electron chi connectivity index (χ1n) is 13.4. The number of carboxylic acid groups (broad SMARTS) is 1. The highest BCUT2D eigenvalue weighted by Gasteiger charge is 2.43. The number of carbonyl (C=O) groups is 3. The largest absolute Gasteiger partial charge is 0.478 e. The fraction of sp³-hybridized carbons (Fsp3) is 0.414. The lowest BCUT2D eigenvalue weighted by atomic mass is 9.67. The summed E-state index contributed by atoms with van der Waals surface area (Å²) in [7, 11) is 0. The Hall–Kier alpha value is -4.22. The van der Waals surface area contributed by atoms with Crippen molar-refractivity contribution in [1.29, 1.82) is 0 Å². The average molecular weight is 570 g/mol. The number of nitrogens with zero attached hydrogens (tertiary/aromatic N) is 4. The van der Waals surface area contributed by atoms with Crippen LogP contribution in [0.5, 0.6) is 0 Å². The summed E-state index contributed by atoms with van der Waals surface area (Å²) in [5.74, 6) is -1.71. The summed E-state index contributed by atoms with van der Waals surface area (Å²) < 4.78 is 41.0. The summed E-state index contributed by atoms with van der Waals surface area (Å²) in [5.41, 5.74) is 2.15. The molecule has 1 aliphatic carbocycles. The van der Waals surface area contributed by atoms with Crippen LogP contribution in [0.1, 0.15) is 75.9 Å². The molecule has 3 aromatic rings. The molecule has 2 aromatic heterocycles. The molecule has 1 aromatic carbocycles. The summed E-state index contributed by atoms with van der Waals surface area (Å²) in [6.45, 7) is 3.29. The molecule has 0 atom stereocenters. The Morgan fingerprint density at radius 2 is 1.76 bits per heavy atom. The lowest BCUT2D eigenvalue weighted by Gasteiger charge is -2.43. The smallest absolute Gasteiger partial charge is 0.405 e. The molecule has 0 bridgehead atoms. The molecule has 12 heteroatoms. The Labute approximate surface area is 234 Å². The summed E-state index contributed by atoms with van der Waals surface area (Å²) in [6, 6.07) is 8.80. The van der Waals surface area contributed by atoms with Crippen molar-refractivity contribution in [2.45, 2.75) is 51.7 Å². The Morgan fingerprint density at radius 1 is 1.07 bits per heavy atom. The maximum atomic E-state index is 13.5. The number of carboxylic acids is 1. The highest BCUT2D eigenvalue weighted by atomic mass is 19.4. The molecule has 0 radical (unpaired) electrons. The first-order chi connectivity index (χ1) is 19.4. The zero-order valence-corrected chi connectivity index (χ0v) is 22.7. The molecule has 3 heterocycles. The number of fused-ring (bicyclic) bond motifs is 1. The van der Waals surface area contributed by atoms with Crippen LogP contribution in [0.15, 0.2) is 42.6 Å². The number of alkyl halides is 3. The highest BCUT2D eigenvalue weighted by Crippen LogP contribution is 2.44. The number of Topliss-reactive ketones (excluding diaryl/α,β-unsaturated/α-hetero) is 1. The van der Waals surface area contributed by atoms with Crippen molar-refractivity contribution in [3.05, 3.63) is 65.0 Å². The molecule has 1 amide bonds. The minimum Gasteiger partial charge on any atom is -0.478 e. The number of carbonyl (C=O) groups excluding carboxylic acids is 2. The number of hydrogen-bond acceptors (Lipinski definition) is 6. The number of benzene rings is 1. The van der Waals surface area contributed by atoms with Crippen LogP contribution in [0.25, 0.3) is 11.3 Å². The number of nitrogens with one attached hydrogen (secondary N) is 1. The summed E-state index contributed by atoms with van der Waals surface area (Å²) in [5, 5.41) is 15.8. The minimum absolute atomic E-state index is 0.0105. The first kappa shape index (κ1) is 28.3. The molecular formula is C29H30F3N5O4. The molecule has 1 saturated heterocycles. The number of aromatic nitrogens is 3. The quantitative estimate of drug-likeness (QED) is 0.416. The van der Waals surface area contributed by atoms with Crippen LogP contribution < -0.4 is 5.32 Å². The Morgan fingerprint density at radius 3 is 2.37 bits per heavy atom. The molecule has 1 spiro atoms. The van der Waals surface area contributed by atoms with Gasteiger partial charge in [-0.25, -0.2) is 9.78 Å². The predicted octanol–water partition coefficient (Wildman–Crippen LogP) is 5.25. The van der Waals surface area contributed by atoms with E-state index in [0.717, 1.165) is 5.56 Å². The zero-order valence-electron chi connectivity index (χ0n) is 22.7. The normalized spacial score (nSPS) is 16.6. The average Bonchev–Trinajstić information content (AvgIpc) is 3.36. The Bertz CT molecular complexity index is 1490.